The van der Waals surface area contributed by atoms with Crippen molar-refractivity contribution in [2.24, 2.45) is 5.73 Å². The van der Waals surface area contributed by atoms with Gasteiger partial charge in [0.05, 0.1) is 12.6 Å². The van der Waals surface area contributed by atoms with Crippen LogP contribution in [0.5, 0.6) is 5.75 Å². The van der Waals surface area contributed by atoms with Gasteiger partial charge in [0.1, 0.15) is 23.9 Å². The van der Waals surface area contributed by atoms with Crippen LogP contribution in [0, 0.1) is 0 Å². The lowest BCUT2D eigenvalue weighted by Gasteiger charge is -2.24. The van der Waals surface area contributed by atoms with Crippen molar-refractivity contribution in [2.75, 3.05) is 6.61 Å². The molecule has 0 fully saturated rings. The molecule has 4 unspecified atom stereocenters. The fraction of sp³-hybridized carbons (Fsp3) is 0.346. The predicted octanol–water partition coefficient (Wildman–Crippen LogP) is -1.10. The molecule has 0 spiro atoms. The van der Waals surface area contributed by atoms with E-state index in [1.54, 1.807) is 30.3 Å². The van der Waals surface area contributed by atoms with Gasteiger partial charge in [-0.05, 0) is 36.1 Å². The van der Waals surface area contributed by atoms with E-state index in [2.05, 4.69) is 16.0 Å². The Kier molecular flexibility index (Phi) is 11.9. The molecule has 9 N–H and O–H groups in total. The zero-order valence-corrected chi connectivity index (χ0v) is 20.9. The van der Waals surface area contributed by atoms with Crippen LogP contribution >= 0.6 is 0 Å². The number of rotatable bonds is 15. The molecule has 13 nitrogen and oxygen atoms in total. The minimum absolute atomic E-state index is 0.0247. The molecule has 3 amide bonds. The van der Waals surface area contributed by atoms with E-state index in [9.17, 15) is 39.3 Å². The lowest BCUT2D eigenvalue weighted by atomic mass is 10.0. The van der Waals surface area contributed by atoms with Crippen LogP contribution < -0.4 is 21.7 Å². The van der Waals surface area contributed by atoms with Crippen LogP contribution in [0.3, 0.4) is 0 Å². The molecule has 0 bridgehead atoms. The Morgan fingerprint density at radius 2 is 1.26 bits per heavy atom. The molecule has 0 aliphatic heterocycles. The van der Waals surface area contributed by atoms with E-state index in [4.69, 9.17) is 10.8 Å². The monoisotopic (exact) mass is 544 g/mol. The minimum Gasteiger partial charge on any atom is -0.508 e. The van der Waals surface area contributed by atoms with E-state index < -0.39 is 66.9 Å². The zero-order chi connectivity index (χ0) is 28.9. The number of aromatic hydroxyl groups is 1. The molecule has 13 heteroatoms. The molecule has 2 aromatic carbocycles. The standard InChI is InChI=1S/C26H32N4O9/c27-18(12-15-4-2-1-3-5-15)23(35)28-19(10-11-22(33)34)24(36)30-21(14-31)25(37)29-20(26(38)39)13-16-6-8-17(32)9-7-16/h1-9,18-21,31-32H,10-14,27H2,(H,28,35)(H,29,37)(H,30,36)(H,33,34)(H,38,39). The van der Waals surface area contributed by atoms with Crippen LogP contribution in [-0.2, 0) is 36.8 Å². The van der Waals surface area contributed by atoms with Crippen LogP contribution in [0.2, 0.25) is 0 Å². The summed E-state index contributed by atoms with van der Waals surface area (Å²) in [6.07, 6.45) is -0.817. The Morgan fingerprint density at radius 3 is 1.82 bits per heavy atom. The molecule has 0 radical (unpaired) electrons. The van der Waals surface area contributed by atoms with Crippen LogP contribution in [0.1, 0.15) is 24.0 Å². The third kappa shape index (κ3) is 10.4. The lowest BCUT2D eigenvalue weighted by Crippen LogP contribution is -2.58. The first-order chi connectivity index (χ1) is 18.5. The molecule has 0 aliphatic rings. The van der Waals surface area contributed by atoms with Crippen LogP contribution in [0.4, 0.5) is 0 Å². The van der Waals surface area contributed by atoms with E-state index >= 15 is 0 Å². The normalized spacial score (nSPS) is 13.8. The number of hydrogen-bond acceptors (Lipinski definition) is 8. The fourth-order valence-electron chi connectivity index (χ4n) is 3.58. The number of phenols is 1. The molecule has 0 aromatic heterocycles. The van der Waals surface area contributed by atoms with Gasteiger partial charge in [-0.1, -0.05) is 42.5 Å². The highest BCUT2D eigenvalue weighted by Gasteiger charge is 2.30. The number of aliphatic carboxylic acids is 2. The third-order valence-corrected chi connectivity index (χ3v) is 5.72. The van der Waals surface area contributed by atoms with Gasteiger partial charge in [0.15, 0.2) is 0 Å². The van der Waals surface area contributed by atoms with Gasteiger partial charge in [0.2, 0.25) is 17.7 Å². The van der Waals surface area contributed by atoms with Gasteiger partial charge in [-0.15, -0.1) is 0 Å². The number of aliphatic hydroxyl groups excluding tert-OH is 1. The quantitative estimate of drug-likeness (QED) is 0.135. The first-order valence-electron chi connectivity index (χ1n) is 12.0. The van der Waals surface area contributed by atoms with Crippen molar-refractivity contribution in [3.8, 4) is 5.75 Å². The summed E-state index contributed by atoms with van der Waals surface area (Å²) < 4.78 is 0. The maximum absolute atomic E-state index is 12.9. The number of phenolic OH excluding ortho intramolecular Hbond substituents is 1. The number of nitrogens with two attached hydrogens (primary N) is 1. The molecule has 210 valence electrons. The highest BCUT2D eigenvalue weighted by Crippen LogP contribution is 2.12. The highest BCUT2D eigenvalue weighted by atomic mass is 16.4. The van der Waals surface area contributed by atoms with Crippen molar-refractivity contribution >= 4 is 29.7 Å². The second-order valence-electron chi connectivity index (χ2n) is 8.80. The van der Waals surface area contributed by atoms with Gasteiger partial charge >= 0.3 is 11.9 Å². The summed E-state index contributed by atoms with van der Waals surface area (Å²) in [5, 5.41) is 44.5. The largest absolute Gasteiger partial charge is 0.508 e. The molecule has 0 saturated heterocycles. The number of carbonyl (C=O) groups is 5. The van der Waals surface area contributed by atoms with Crippen LogP contribution in [-0.4, -0.2) is 80.9 Å². The summed E-state index contributed by atoms with van der Waals surface area (Å²) in [7, 11) is 0. The van der Waals surface area contributed by atoms with E-state index in [-0.39, 0.29) is 25.0 Å². The molecule has 0 heterocycles. The van der Waals surface area contributed by atoms with Gasteiger partial charge in [-0.2, -0.15) is 0 Å². The average molecular weight is 545 g/mol. The number of carbonyl (C=O) groups excluding carboxylic acids is 3. The second kappa shape index (κ2) is 15.1. The maximum atomic E-state index is 12.9. The average Bonchev–Trinajstić information content (AvgIpc) is 2.90. The summed E-state index contributed by atoms with van der Waals surface area (Å²) in [6.45, 7) is -0.907. The molecule has 2 aromatic rings. The summed E-state index contributed by atoms with van der Waals surface area (Å²) in [5.74, 6) is -5.33. The van der Waals surface area contributed by atoms with Gasteiger partial charge in [0, 0.05) is 12.8 Å². The Hall–Kier alpha value is -4.49. The van der Waals surface area contributed by atoms with Crippen LogP contribution in [0.15, 0.2) is 54.6 Å². The number of hydrogen-bond donors (Lipinski definition) is 8. The summed E-state index contributed by atoms with van der Waals surface area (Å²) >= 11 is 0. The molecule has 0 saturated carbocycles. The van der Waals surface area contributed by atoms with E-state index in [0.717, 1.165) is 5.56 Å². The number of benzene rings is 2. The number of carboxylic acid groups (broad SMARTS) is 2. The van der Waals surface area contributed by atoms with Gasteiger partial charge in [0.25, 0.3) is 0 Å². The van der Waals surface area contributed by atoms with Crippen molar-refractivity contribution < 1.29 is 44.4 Å². The molecular formula is C26H32N4O9. The van der Waals surface area contributed by atoms with Crippen molar-refractivity contribution in [3.63, 3.8) is 0 Å². The number of amides is 3. The Bertz CT molecular complexity index is 1140. The lowest BCUT2D eigenvalue weighted by molar-refractivity contribution is -0.142. The highest BCUT2D eigenvalue weighted by molar-refractivity contribution is 5.94. The van der Waals surface area contributed by atoms with E-state index in [1.807, 2.05) is 0 Å². The number of nitrogens with one attached hydrogen (secondary N) is 3. The zero-order valence-electron chi connectivity index (χ0n) is 20.9. The summed E-state index contributed by atoms with van der Waals surface area (Å²) in [6, 6.07) is 9.03. The van der Waals surface area contributed by atoms with Gasteiger partial charge in [-0.3, -0.25) is 19.2 Å². The van der Waals surface area contributed by atoms with Crippen molar-refractivity contribution in [2.45, 2.75) is 49.9 Å². The van der Waals surface area contributed by atoms with Gasteiger partial charge in [-0.25, -0.2) is 4.79 Å². The minimum atomic E-state index is -1.60. The Labute approximate surface area is 224 Å². The SMILES string of the molecule is NC(Cc1ccccc1)C(=O)NC(CCC(=O)O)C(=O)NC(CO)C(=O)NC(Cc1ccc(O)cc1)C(=O)O. The maximum Gasteiger partial charge on any atom is 0.326 e. The first-order valence-corrected chi connectivity index (χ1v) is 12.0. The Morgan fingerprint density at radius 1 is 0.718 bits per heavy atom. The first kappa shape index (κ1) is 30.7. The summed E-state index contributed by atoms with van der Waals surface area (Å²) in [5.41, 5.74) is 7.21. The van der Waals surface area contributed by atoms with Crippen molar-refractivity contribution in [3.05, 3.63) is 65.7 Å². The molecule has 2 rings (SSSR count). The van der Waals surface area contributed by atoms with E-state index in [0.29, 0.717) is 5.56 Å². The smallest absolute Gasteiger partial charge is 0.326 e. The fourth-order valence-corrected chi connectivity index (χ4v) is 3.58. The van der Waals surface area contributed by atoms with E-state index in [1.165, 1.54) is 24.3 Å². The van der Waals surface area contributed by atoms with Crippen molar-refractivity contribution in [1.29, 1.82) is 0 Å². The molecule has 0 aliphatic carbocycles. The number of aliphatic hydroxyl groups is 1. The molecule has 39 heavy (non-hydrogen) atoms. The van der Waals surface area contributed by atoms with Crippen molar-refractivity contribution in [1.82, 2.24) is 16.0 Å². The third-order valence-electron chi connectivity index (χ3n) is 5.72. The van der Waals surface area contributed by atoms with Gasteiger partial charge < -0.3 is 42.1 Å². The topological polar surface area (TPSA) is 228 Å². The Balaban J connectivity index is 2.06. The molecular weight excluding hydrogens is 512 g/mol. The number of carboxylic acids is 2. The molecule has 4 atom stereocenters. The second-order valence-corrected chi connectivity index (χ2v) is 8.80. The van der Waals surface area contributed by atoms with Crippen LogP contribution in [0.25, 0.3) is 0 Å². The summed E-state index contributed by atoms with van der Waals surface area (Å²) in [4.78, 5) is 61.0. The predicted molar refractivity (Wildman–Crippen MR) is 137 cm³/mol.